The van der Waals surface area contributed by atoms with Crippen LogP contribution < -0.4 is 4.74 Å². The summed E-state index contributed by atoms with van der Waals surface area (Å²) in [6, 6.07) is 4.38. The standard InChI is InChI=1S/C10H13NO5/c1-16-9-3-2-7(4-8(13)6-12)10(5-9)11(14)15/h2-3,5,8,12-13H,4,6H2,1H3. The van der Waals surface area contributed by atoms with Gasteiger partial charge in [-0.05, 0) is 12.1 Å². The lowest BCUT2D eigenvalue weighted by Crippen LogP contribution is -2.16. The Morgan fingerprint density at radius 1 is 1.56 bits per heavy atom. The first-order valence-corrected chi connectivity index (χ1v) is 4.68. The maximum atomic E-state index is 10.8. The third-order valence-corrected chi connectivity index (χ3v) is 2.16. The van der Waals surface area contributed by atoms with Gasteiger partial charge < -0.3 is 14.9 Å². The minimum absolute atomic E-state index is 0.0385. The van der Waals surface area contributed by atoms with Crippen molar-refractivity contribution < 1.29 is 19.9 Å². The molecule has 0 saturated carbocycles. The first-order valence-electron chi connectivity index (χ1n) is 4.68. The third-order valence-electron chi connectivity index (χ3n) is 2.16. The Balaban J connectivity index is 3.03. The molecule has 0 bridgehead atoms. The molecule has 2 N–H and O–H groups in total. The number of nitro benzene ring substituents is 1. The van der Waals surface area contributed by atoms with Crippen LogP contribution in [0.1, 0.15) is 5.56 Å². The smallest absolute Gasteiger partial charge is 0.276 e. The highest BCUT2D eigenvalue weighted by atomic mass is 16.6. The Kier molecular flexibility index (Phi) is 4.21. The molecule has 1 aromatic rings. The van der Waals surface area contributed by atoms with Crippen molar-refractivity contribution in [1.29, 1.82) is 0 Å². The highest BCUT2D eigenvalue weighted by molar-refractivity contribution is 5.46. The van der Waals surface area contributed by atoms with E-state index in [0.717, 1.165) is 0 Å². The van der Waals surface area contributed by atoms with Crippen LogP contribution in [-0.4, -0.2) is 35.0 Å². The van der Waals surface area contributed by atoms with Crippen LogP contribution in [0.15, 0.2) is 18.2 Å². The predicted octanol–water partition coefficient (Wildman–Crippen LogP) is 0.499. The summed E-state index contributed by atoms with van der Waals surface area (Å²) in [6.07, 6.45) is -0.955. The fourth-order valence-electron chi connectivity index (χ4n) is 1.33. The number of ether oxygens (including phenoxy) is 1. The Morgan fingerprint density at radius 3 is 2.75 bits per heavy atom. The van der Waals surface area contributed by atoms with Crippen LogP contribution in [0.3, 0.4) is 0 Å². The van der Waals surface area contributed by atoms with Gasteiger partial charge in [0, 0.05) is 12.0 Å². The third kappa shape index (κ3) is 2.91. The zero-order valence-electron chi connectivity index (χ0n) is 8.79. The van der Waals surface area contributed by atoms with Crippen LogP contribution in [-0.2, 0) is 6.42 Å². The number of nitro groups is 1. The fourth-order valence-corrected chi connectivity index (χ4v) is 1.33. The quantitative estimate of drug-likeness (QED) is 0.564. The van der Waals surface area contributed by atoms with Gasteiger partial charge in [-0.1, -0.05) is 0 Å². The van der Waals surface area contributed by atoms with E-state index in [-0.39, 0.29) is 12.1 Å². The summed E-state index contributed by atoms with van der Waals surface area (Å²) >= 11 is 0. The SMILES string of the molecule is COc1ccc(CC(O)CO)c([N+](=O)[O-])c1. The van der Waals surface area contributed by atoms with Crippen molar-refractivity contribution in [2.75, 3.05) is 13.7 Å². The van der Waals surface area contributed by atoms with Crippen molar-refractivity contribution in [2.45, 2.75) is 12.5 Å². The van der Waals surface area contributed by atoms with Crippen LogP contribution in [0.4, 0.5) is 5.69 Å². The minimum atomic E-state index is -0.993. The Morgan fingerprint density at radius 2 is 2.25 bits per heavy atom. The molecule has 16 heavy (non-hydrogen) atoms. The zero-order valence-corrected chi connectivity index (χ0v) is 8.79. The van der Waals surface area contributed by atoms with Crippen molar-refractivity contribution in [2.24, 2.45) is 0 Å². The highest BCUT2D eigenvalue weighted by Crippen LogP contribution is 2.25. The molecule has 6 nitrogen and oxygen atoms in total. The first kappa shape index (κ1) is 12.4. The van der Waals surface area contributed by atoms with Gasteiger partial charge in [0.05, 0.1) is 30.8 Å². The van der Waals surface area contributed by atoms with Crippen LogP contribution in [0.25, 0.3) is 0 Å². The van der Waals surface area contributed by atoms with E-state index in [0.29, 0.717) is 11.3 Å². The van der Waals surface area contributed by atoms with Gasteiger partial charge in [-0.2, -0.15) is 0 Å². The zero-order chi connectivity index (χ0) is 12.1. The number of hydrogen-bond acceptors (Lipinski definition) is 5. The second-order valence-corrected chi connectivity index (χ2v) is 3.29. The lowest BCUT2D eigenvalue weighted by molar-refractivity contribution is -0.385. The van der Waals surface area contributed by atoms with Crippen molar-refractivity contribution in [3.05, 3.63) is 33.9 Å². The maximum absolute atomic E-state index is 10.8. The average Bonchev–Trinajstić information content (AvgIpc) is 2.29. The Bertz CT molecular complexity index is 379. The summed E-state index contributed by atoms with van der Waals surface area (Å²) < 4.78 is 4.87. The molecule has 0 aliphatic heterocycles. The number of methoxy groups -OCH3 is 1. The molecule has 0 aromatic heterocycles. The molecular weight excluding hydrogens is 214 g/mol. The summed E-state index contributed by atoms with van der Waals surface area (Å²) in [5, 5.41) is 28.7. The number of hydrogen-bond donors (Lipinski definition) is 2. The lowest BCUT2D eigenvalue weighted by atomic mass is 10.1. The van der Waals surface area contributed by atoms with Crippen molar-refractivity contribution in [3.63, 3.8) is 0 Å². The Hall–Kier alpha value is -1.66. The molecule has 1 unspecified atom stereocenters. The minimum Gasteiger partial charge on any atom is -0.497 e. The summed E-state index contributed by atoms with van der Waals surface area (Å²) in [5.74, 6) is 0.383. The summed E-state index contributed by atoms with van der Waals surface area (Å²) in [6.45, 7) is -0.427. The van der Waals surface area contributed by atoms with Gasteiger partial charge in [0.15, 0.2) is 0 Å². The monoisotopic (exact) mass is 227 g/mol. The van der Waals surface area contributed by atoms with Crippen LogP contribution >= 0.6 is 0 Å². The molecule has 1 atom stereocenters. The Labute approximate surface area is 92.2 Å². The van der Waals surface area contributed by atoms with Crippen molar-refractivity contribution in [3.8, 4) is 5.75 Å². The van der Waals surface area contributed by atoms with Gasteiger partial charge >= 0.3 is 0 Å². The normalized spacial score (nSPS) is 12.2. The molecule has 0 radical (unpaired) electrons. The molecule has 0 spiro atoms. The van der Waals surface area contributed by atoms with Crippen molar-refractivity contribution in [1.82, 2.24) is 0 Å². The maximum Gasteiger partial charge on any atom is 0.276 e. The van der Waals surface area contributed by atoms with Gasteiger partial charge in [0.25, 0.3) is 5.69 Å². The van der Waals surface area contributed by atoms with Gasteiger partial charge in [-0.15, -0.1) is 0 Å². The number of benzene rings is 1. The summed E-state index contributed by atoms with van der Waals surface area (Å²) in [7, 11) is 1.42. The van der Waals surface area contributed by atoms with E-state index in [1.807, 2.05) is 0 Å². The molecular formula is C10H13NO5. The highest BCUT2D eigenvalue weighted by Gasteiger charge is 2.17. The van der Waals surface area contributed by atoms with Gasteiger partial charge in [0.2, 0.25) is 0 Å². The van der Waals surface area contributed by atoms with Crippen LogP contribution in [0.2, 0.25) is 0 Å². The van der Waals surface area contributed by atoms with Crippen molar-refractivity contribution >= 4 is 5.69 Å². The van der Waals surface area contributed by atoms with E-state index in [1.165, 1.54) is 19.2 Å². The van der Waals surface area contributed by atoms with E-state index in [1.54, 1.807) is 6.07 Å². The van der Waals surface area contributed by atoms with E-state index in [2.05, 4.69) is 0 Å². The largest absolute Gasteiger partial charge is 0.497 e. The lowest BCUT2D eigenvalue weighted by Gasteiger charge is -2.08. The summed E-state index contributed by atoms with van der Waals surface area (Å²) in [4.78, 5) is 10.2. The fraction of sp³-hybridized carbons (Fsp3) is 0.400. The topological polar surface area (TPSA) is 92.8 Å². The molecule has 0 saturated heterocycles. The van der Waals surface area contributed by atoms with Gasteiger partial charge in [-0.3, -0.25) is 10.1 Å². The van der Waals surface area contributed by atoms with Gasteiger partial charge in [0.1, 0.15) is 5.75 Å². The number of aliphatic hydroxyl groups excluding tert-OH is 2. The molecule has 0 aliphatic rings. The van der Waals surface area contributed by atoms with Crippen LogP contribution in [0, 0.1) is 10.1 Å². The van der Waals surface area contributed by atoms with Gasteiger partial charge in [-0.25, -0.2) is 0 Å². The number of aliphatic hydroxyl groups is 2. The second kappa shape index (κ2) is 5.43. The molecule has 0 heterocycles. The predicted molar refractivity (Wildman–Crippen MR) is 56.4 cm³/mol. The average molecular weight is 227 g/mol. The summed E-state index contributed by atoms with van der Waals surface area (Å²) in [5.41, 5.74) is 0.249. The van der Waals surface area contributed by atoms with Crippen LogP contribution in [0.5, 0.6) is 5.75 Å². The molecule has 1 rings (SSSR count). The van der Waals surface area contributed by atoms with E-state index in [4.69, 9.17) is 9.84 Å². The molecule has 6 heteroatoms. The molecule has 1 aromatic carbocycles. The molecule has 0 amide bonds. The van der Waals surface area contributed by atoms with E-state index < -0.39 is 17.6 Å². The van der Waals surface area contributed by atoms with E-state index in [9.17, 15) is 15.2 Å². The van der Waals surface area contributed by atoms with E-state index >= 15 is 0 Å². The number of rotatable bonds is 5. The molecule has 0 fully saturated rings. The number of nitrogens with zero attached hydrogens (tertiary/aromatic N) is 1. The molecule has 0 aliphatic carbocycles. The second-order valence-electron chi connectivity index (χ2n) is 3.29. The first-order chi connectivity index (χ1) is 7.58. The molecule has 88 valence electrons.